The van der Waals surface area contributed by atoms with Gasteiger partial charge in [-0.15, -0.1) is 0 Å². The second-order valence-electron chi connectivity index (χ2n) is 4.50. The first-order chi connectivity index (χ1) is 7.11. The maximum atomic E-state index is 4.52. The molecular formula is C12H17N3. The zero-order valence-corrected chi connectivity index (χ0v) is 9.73. The molecule has 2 rings (SSSR count). The normalized spacial score (nSPS) is 11.9. The lowest BCUT2D eigenvalue weighted by Crippen LogP contribution is -2.05. The van der Waals surface area contributed by atoms with Crippen LogP contribution in [0.25, 0.3) is 5.65 Å². The molecule has 0 aliphatic heterocycles. The highest BCUT2D eigenvalue weighted by molar-refractivity contribution is 5.49. The smallest absolute Gasteiger partial charge is 0.143 e. The first-order valence-corrected chi connectivity index (χ1v) is 5.43. The summed E-state index contributed by atoms with van der Waals surface area (Å²) in [6.45, 7) is 8.63. The topological polar surface area (TPSA) is 30.2 Å². The minimum atomic E-state index is 0.419. The van der Waals surface area contributed by atoms with Gasteiger partial charge in [-0.3, -0.25) is 4.40 Å². The summed E-state index contributed by atoms with van der Waals surface area (Å²) in [5.74, 6) is 1.96. The Morgan fingerprint density at radius 2 is 1.80 bits per heavy atom. The van der Waals surface area contributed by atoms with E-state index in [1.165, 1.54) is 5.56 Å². The lowest BCUT2D eigenvalue weighted by Gasteiger charge is -2.12. The summed E-state index contributed by atoms with van der Waals surface area (Å²) >= 11 is 0. The summed E-state index contributed by atoms with van der Waals surface area (Å²) in [4.78, 5) is 8.93. The largest absolute Gasteiger partial charge is 0.287 e. The van der Waals surface area contributed by atoms with Gasteiger partial charge in [0.1, 0.15) is 11.5 Å². The van der Waals surface area contributed by atoms with Crippen molar-refractivity contribution in [3.8, 4) is 0 Å². The quantitative estimate of drug-likeness (QED) is 0.751. The molecule has 80 valence electrons. The molecule has 2 heterocycles. The SMILES string of the molecule is CC(C)c1cnc(C(C)C)n2ccnc12. The van der Waals surface area contributed by atoms with Crippen molar-refractivity contribution >= 4 is 5.65 Å². The summed E-state index contributed by atoms with van der Waals surface area (Å²) in [5, 5.41) is 0. The zero-order chi connectivity index (χ0) is 11.0. The Balaban J connectivity index is 2.71. The average Bonchev–Trinajstić information content (AvgIpc) is 2.63. The van der Waals surface area contributed by atoms with Gasteiger partial charge >= 0.3 is 0 Å². The summed E-state index contributed by atoms with van der Waals surface area (Å²) in [6.07, 6.45) is 5.79. The number of fused-ring (bicyclic) bond motifs is 1. The van der Waals surface area contributed by atoms with Gasteiger partial charge in [-0.2, -0.15) is 0 Å². The van der Waals surface area contributed by atoms with Crippen LogP contribution in [0.4, 0.5) is 0 Å². The molecule has 0 radical (unpaired) electrons. The van der Waals surface area contributed by atoms with E-state index < -0.39 is 0 Å². The Hall–Kier alpha value is -1.38. The molecule has 2 aromatic rings. The molecule has 15 heavy (non-hydrogen) atoms. The van der Waals surface area contributed by atoms with Gasteiger partial charge in [-0.05, 0) is 5.92 Å². The van der Waals surface area contributed by atoms with Gasteiger partial charge in [0.25, 0.3) is 0 Å². The van der Waals surface area contributed by atoms with Gasteiger partial charge in [0, 0.05) is 30.1 Å². The summed E-state index contributed by atoms with van der Waals surface area (Å²) < 4.78 is 2.10. The Morgan fingerprint density at radius 3 is 2.40 bits per heavy atom. The number of nitrogens with zero attached hydrogens (tertiary/aromatic N) is 3. The van der Waals surface area contributed by atoms with Crippen molar-refractivity contribution in [2.75, 3.05) is 0 Å². The van der Waals surface area contributed by atoms with Gasteiger partial charge in [-0.25, -0.2) is 9.97 Å². The van der Waals surface area contributed by atoms with E-state index in [0.29, 0.717) is 11.8 Å². The van der Waals surface area contributed by atoms with E-state index in [4.69, 9.17) is 0 Å². The molecule has 0 saturated heterocycles. The van der Waals surface area contributed by atoms with Crippen molar-refractivity contribution in [3.05, 3.63) is 30.0 Å². The molecule has 3 heteroatoms. The third-order valence-electron chi connectivity index (χ3n) is 2.62. The Morgan fingerprint density at radius 1 is 1.07 bits per heavy atom. The minimum absolute atomic E-state index is 0.419. The molecule has 0 N–H and O–H groups in total. The van der Waals surface area contributed by atoms with Crippen LogP contribution in [0.3, 0.4) is 0 Å². The van der Waals surface area contributed by atoms with Crippen LogP contribution in [-0.4, -0.2) is 14.4 Å². The van der Waals surface area contributed by atoms with Gasteiger partial charge < -0.3 is 0 Å². The predicted octanol–water partition coefficient (Wildman–Crippen LogP) is 2.98. The van der Waals surface area contributed by atoms with E-state index in [2.05, 4.69) is 42.1 Å². The van der Waals surface area contributed by atoms with Crippen LogP contribution in [0.15, 0.2) is 18.6 Å². The molecule has 0 unspecified atom stereocenters. The average molecular weight is 203 g/mol. The fraction of sp³-hybridized carbons (Fsp3) is 0.500. The first-order valence-electron chi connectivity index (χ1n) is 5.43. The molecular weight excluding hydrogens is 186 g/mol. The van der Waals surface area contributed by atoms with E-state index in [-0.39, 0.29) is 0 Å². The Labute approximate surface area is 90.2 Å². The number of hydrogen-bond donors (Lipinski definition) is 0. The third-order valence-corrected chi connectivity index (χ3v) is 2.62. The molecule has 0 aliphatic carbocycles. The Kier molecular flexibility index (Phi) is 2.47. The molecule has 3 nitrogen and oxygen atoms in total. The van der Waals surface area contributed by atoms with Gasteiger partial charge in [0.05, 0.1) is 0 Å². The van der Waals surface area contributed by atoms with Crippen LogP contribution in [0.5, 0.6) is 0 Å². The van der Waals surface area contributed by atoms with Crippen LogP contribution in [-0.2, 0) is 0 Å². The van der Waals surface area contributed by atoms with Gasteiger partial charge in [-0.1, -0.05) is 27.7 Å². The van der Waals surface area contributed by atoms with Crippen molar-refractivity contribution in [2.24, 2.45) is 0 Å². The molecule has 0 atom stereocenters. The molecule has 0 aliphatic rings. The standard InChI is InChI=1S/C12H17N3/c1-8(2)10-7-14-11(9(3)4)15-6-5-13-12(10)15/h5-9H,1-4H3. The molecule has 0 saturated carbocycles. The zero-order valence-electron chi connectivity index (χ0n) is 9.73. The maximum absolute atomic E-state index is 4.52. The van der Waals surface area contributed by atoms with Crippen LogP contribution >= 0.6 is 0 Å². The first kappa shape index (κ1) is 10.1. The van der Waals surface area contributed by atoms with Crippen molar-refractivity contribution in [2.45, 2.75) is 39.5 Å². The van der Waals surface area contributed by atoms with E-state index in [1.807, 2.05) is 18.6 Å². The van der Waals surface area contributed by atoms with E-state index >= 15 is 0 Å². The lowest BCUT2D eigenvalue weighted by atomic mass is 10.1. The van der Waals surface area contributed by atoms with Gasteiger partial charge in [0.2, 0.25) is 0 Å². The molecule has 0 aromatic carbocycles. The predicted molar refractivity (Wildman–Crippen MR) is 61.2 cm³/mol. The van der Waals surface area contributed by atoms with Crippen LogP contribution in [0.1, 0.15) is 50.9 Å². The number of hydrogen-bond acceptors (Lipinski definition) is 2. The molecule has 0 spiro atoms. The second-order valence-corrected chi connectivity index (χ2v) is 4.50. The van der Waals surface area contributed by atoms with Crippen LogP contribution in [0.2, 0.25) is 0 Å². The van der Waals surface area contributed by atoms with Crippen molar-refractivity contribution in [1.82, 2.24) is 14.4 Å². The van der Waals surface area contributed by atoms with Gasteiger partial charge in [0.15, 0.2) is 0 Å². The summed E-state index contributed by atoms with van der Waals surface area (Å²) in [6, 6.07) is 0. The highest BCUT2D eigenvalue weighted by atomic mass is 15.1. The number of imidazole rings is 1. The molecule has 0 bridgehead atoms. The number of rotatable bonds is 2. The fourth-order valence-electron chi connectivity index (χ4n) is 1.79. The highest BCUT2D eigenvalue weighted by Crippen LogP contribution is 2.21. The fourth-order valence-corrected chi connectivity index (χ4v) is 1.79. The van der Waals surface area contributed by atoms with Crippen molar-refractivity contribution < 1.29 is 0 Å². The van der Waals surface area contributed by atoms with Crippen LogP contribution < -0.4 is 0 Å². The van der Waals surface area contributed by atoms with E-state index in [9.17, 15) is 0 Å². The summed E-state index contributed by atoms with van der Waals surface area (Å²) in [5.41, 5.74) is 2.26. The highest BCUT2D eigenvalue weighted by Gasteiger charge is 2.12. The van der Waals surface area contributed by atoms with Crippen molar-refractivity contribution in [1.29, 1.82) is 0 Å². The molecule has 2 aromatic heterocycles. The minimum Gasteiger partial charge on any atom is -0.287 e. The molecule has 0 fully saturated rings. The third kappa shape index (κ3) is 1.62. The lowest BCUT2D eigenvalue weighted by molar-refractivity contribution is 0.738. The van der Waals surface area contributed by atoms with E-state index in [1.54, 1.807) is 0 Å². The maximum Gasteiger partial charge on any atom is 0.143 e. The van der Waals surface area contributed by atoms with Crippen molar-refractivity contribution in [3.63, 3.8) is 0 Å². The number of aromatic nitrogens is 3. The monoisotopic (exact) mass is 203 g/mol. The summed E-state index contributed by atoms with van der Waals surface area (Å²) in [7, 11) is 0. The Bertz CT molecular complexity index is 427. The molecule has 0 amide bonds. The van der Waals surface area contributed by atoms with E-state index in [0.717, 1.165) is 11.5 Å². The second kappa shape index (κ2) is 3.65. The van der Waals surface area contributed by atoms with Crippen LogP contribution in [0, 0.1) is 0 Å².